The minimum absolute atomic E-state index is 0.0975. The van der Waals surface area contributed by atoms with Gasteiger partial charge >= 0.3 is 5.97 Å². The normalized spacial score (nSPS) is 12.3. The van der Waals surface area contributed by atoms with E-state index in [0.29, 0.717) is 12.1 Å². The summed E-state index contributed by atoms with van der Waals surface area (Å²) in [5.74, 6) is -0.869. The summed E-state index contributed by atoms with van der Waals surface area (Å²) in [5, 5.41) is 16.7. The average Bonchev–Trinajstić information content (AvgIpc) is 2.46. The van der Waals surface area contributed by atoms with E-state index in [1.807, 2.05) is 12.1 Å². The van der Waals surface area contributed by atoms with Gasteiger partial charge in [-0.1, -0.05) is 12.1 Å². The SMILES string of the molecule is CCOC(=O)CC(=O)C(C)/N=N/c1ccc(CCO)cc1. The van der Waals surface area contributed by atoms with Crippen LogP contribution >= 0.6 is 0 Å². The fourth-order valence-electron chi connectivity index (χ4n) is 1.58. The molecule has 0 amide bonds. The molecule has 0 saturated heterocycles. The van der Waals surface area contributed by atoms with Gasteiger partial charge in [-0.15, -0.1) is 0 Å². The summed E-state index contributed by atoms with van der Waals surface area (Å²) >= 11 is 0. The highest BCUT2D eigenvalue weighted by molar-refractivity contribution is 5.98. The third-order valence-electron chi connectivity index (χ3n) is 2.77. The van der Waals surface area contributed by atoms with Crippen LogP contribution in [-0.2, 0) is 20.7 Å². The molecular weight excluding hydrogens is 272 g/mol. The Bertz CT molecular complexity index is 497. The molecule has 0 heterocycles. The third-order valence-corrected chi connectivity index (χ3v) is 2.77. The van der Waals surface area contributed by atoms with E-state index >= 15 is 0 Å². The lowest BCUT2D eigenvalue weighted by Gasteiger charge is -2.04. The second kappa shape index (κ2) is 8.97. The molecule has 1 N–H and O–H groups in total. The monoisotopic (exact) mass is 292 g/mol. The van der Waals surface area contributed by atoms with E-state index in [9.17, 15) is 9.59 Å². The molecule has 0 aliphatic heterocycles. The summed E-state index contributed by atoms with van der Waals surface area (Å²) in [6.45, 7) is 3.62. The first-order chi connectivity index (χ1) is 10.1. The van der Waals surface area contributed by atoms with Crippen LogP contribution in [0, 0.1) is 0 Å². The van der Waals surface area contributed by atoms with E-state index < -0.39 is 12.0 Å². The zero-order chi connectivity index (χ0) is 15.7. The third kappa shape index (κ3) is 6.27. The van der Waals surface area contributed by atoms with Crippen molar-refractivity contribution in [2.45, 2.75) is 32.7 Å². The van der Waals surface area contributed by atoms with Gasteiger partial charge in [0.05, 0.1) is 12.3 Å². The minimum atomic E-state index is -0.688. The highest BCUT2D eigenvalue weighted by Gasteiger charge is 2.16. The molecule has 1 atom stereocenters. The van der Waals surface area contributed by atoms with E-state index in [-0.39, 0.29) is 25.4 Å². The number of nitrogens with zero attached hydrogens (tertiary/aromatic N) is 2. The quantitative estimate of drug-likeness (QED) is 0.452. The van der Waals surface area contributed by atoms with Crippen LogP contribution < -0.4 is 0 Å². The molecule has 1 aromatic rings. The number of benzene rings is 1. The standard InChI is InChI=1S/C15H20N2O4/c1-3-21-15(20)10-14(19)11(2)16-17-13-6-4-12(5-7-13)8-9-18/h4-7,11,18H,3,8-10H2,1-2H3/b17-16+. The van der Waals surface area contributed by atoms with Crippen molar-refractivity contribution < 1.29 is 19.4 Å². The largest absolute Gasteiger partial charge is 0.466 e. The Morgan fingerprint density at radius 1 is 1.29 bits per heavy atom. The number of ether oxygens (including phenoxy) is 1. The number of carbonyl (C=O) groups excluding carboxylic acids is 2. The summed E-state index contributed by atoms with van der Waals surface area (Å²) in [6, 6.07) is 6.52. The molecule has 1 rings (SSSR count). The van der Waals surface area contributed by atoms with Gasteiger partial charge in [0.1, 0.15) is 12.5 Å². The highest BCUT2D eigenvalue weighted by Crippen LogP contribution is 2.15. The summed E-state index contributed by atoms with van der Waals surface area (Å²) in [5.41, 5.74) is 1.62. The average molecular weight is 292 g/mol. The minimum Gasteiger partial charge on any atom is -0.466 e. The number of hydrogen-bond donors (Lipinski definition) is 1. The van der Waals surface area contributed by atoms with Crippen molar-refractivity contribution in [1.82, 2.24) is 0 Å². The maximum atomic E-state index is 11.7. The lowest BCUT2D eigenvalue weighted by atomic mass is 10.1. The molecule has 6 nitrogen and oxygen atoms in total. The number of Topliss-reactive ketones (excluding diaryl/α,β-unsaturated/α-hetero) is 1. The molecule has 0 aliphatic carbocycles. The van der Waals surface area contributed by atoms with Gasteiger partial charge in [-0.3, -0.25) is 9.59 Å². The molecule has 0 radical (unpaired) electrons. The first-order valence-electron chi connectivity index (χ1n) is 6.85. The number of hydrogen-bond acceptors (Lipinski definition) is 6. The van der Waals surface area contributed by atoms with E-state index in [0.717, 1.165) is 5.56 Å². The topological polar surface area (TPSA) is 88.3 Å². The van der Waals surface area contributed by atoms with Crippen molar-refractivity contribution >= 4 is 17.4 Å². The van der Waals surface area contributed by atoms with Crippen LogP contribution in [0.2, 0.25) is 0 Å². The molecule has 6 heteroatoms. The summed E-state index contributed by atoms with van der Waals surface area (Å²) in [6.07, 6.45) is 0.301. The Balaban J connectivity index is 2.54. The molecule has 0 fully saturated rings. The molecule has 0 spiro atoms. The molecule has 21 heavy (non-hydrogen) atoms. The Hall–Kier alpha value is -2.08. The van der Waals surface area contributed by atoms with Crippen molar-refractivity contribution in [3.63, 3.8) is 0 Å². The van der Waals surface area contributed by atoms with Crippen LogP contribution in [0.15, 0.2) is 34.5 Å². The van der Waals surface area contributed by atoms with Crippen LogP contribution in [0.25, 0.3) is 0 Å². The smallest absolute Gasteiger partial charge is 0.313 e. The predicted octanol–water partition coefficient (Wildman–Crippen LogP) is 2.22. The summed E-state index contributed by atoms with van der Waals surface area (Å²) < 4.78 is 4.71. The van der Waals surface area contributed by atoms with Gasteiger partial charge in [-0.05, 0) is 38.0 Å². The first kappa shape index (κ1) is 17.0. The van der Waals surface area contributed by atoms with Crippen molar-refractivity contribution in [2.24, 2.45) is 10.2 Å². The maximum Gasteiger partial charge on any atom is 0.313 e. The highest BCUT2D eigenvalue weighted by atomic mass is 16.5. The zero-order valence-electron chi connectivity index (χ0n) is 12.3. The fraction of sp³-hybridized carbons (Fsp3) is 0.467. The number of rotatable bonds is 8. The molecule has 0 aliphatic rings. The molecule has 0 saturated carbocycles. The van der Waals surface area contributed by atoms with Gasteiger partial charge in [0.15, 0.2) is 5.78 Å². The van der Waals surface area contributed by atoms with Crippen molar-refractivity contribution in [1.29, 1.82) is 0 Å². The van der Waals surface area contributed by atoms with Crippen LogP contribution in [0.5, 0.6) is 0 Å². The number of ketones is 1. The van der Waals surface area contributed by atoms with Gasteiger partial charge in [0.25, 0.3) is 0 Å². The molecule has 0 bridgehead atoms. The lowest BCUT2D eigenvalue weighted by molar-refractivity contribution is -0.145. The van der Waals surface area contributed by atoms with Gasteiger partial charge in [0, 0.05) is 6.61 Å². The Morgan fingerprint density at radius 3 is 2.52 bits per heavy atom. The summed E-state index contributed by atoms with van der Waals surface area (Å²) in [7, 11) is 0. The van der Waals surface area contributed by atoms with Crippen molar-refractivity contribution in [2.75, 3.05) is 13.2 Å². The molecular formula is C15H20N2O4. The van der Waals surface area contributed by atoms with Gasteiger partial charge < -0.3 is 9.84 Å². The molecule has 0 aromatic heterocycles. The Morgan fingerprint density at radius 2 is 1.95 bits per heavy atom. The molecule has 1 unspecified atom stereocenters. The van der Waals surface area contributed by atoms with Crippen LogP contribution in [0.4, 0.5) is 5.69 Å². The number of esters is 1. The van der Waals surface area contributed by atoms with E-state index in [1.54, 1.807) is 26.0 Å². The second-order valence-corrected chi connectivity index (χ2v) is 4.48. The first-order valence-corrected chi connectivity index (χ1v) is 6.85. The number of azo groups is 1. The fourth-order valence-corrected chi connectivity index (χ4v) is 1.58. The maximum absolute atomic E-state index is 11.7. The second-order valence-electron chi connectivity index (χ2n) is 4.48. The predicted molar refractivity (Wildman–Crippen MR) is 77.5 cm³/mol. The zero-order valence-corrected chi connectivity index (χ0v) is 12.3. The van der Waals surface area contributed by atoms with Crippen molar-refractivity contribution in [3.05, 3.63) is 29.8 Å². The van der Waals surface area contributed by atoms with Crippen LogP contribution in [-0.4, -0.2) is 36.1 Å². The Kier molecular flexibility index (Phi) is 7.25. The van der Waals surface area contributed by atoms with E-state index in [2.05, 4.69) is 10.2 Å². The van der Waals surface area contributed by atoms with Gasteiger partial charge in [-0.25, -0.2) is 0 Å². The Labute approximate surface area is 123 Å². The number of aliphatic hydroxyl groups is 1. The lowest BCUT2D eigenvalue weighted by Crippen LogP contribution is -2.19. The van der Waals surface area contributed by atoms with Gasteiger partial charge in [0.2, 0.25) is 0 Å². The number of carbonyl (C=O) groups is 2. The van der Waals surface area contributed by atoms with Crippen LogP contribution in [0.3, 0.4) is 0 Å². The number of aliphatic hydroxyl groups excluding tert-OH is 1. The van der Waals surface area contributed by atoms with Crippen molar-refractivity contribution in [3.8, 4) is 0 Å². The van der Waals surface area contributed by atoms with E-state index in [4.69, 9.17) is 9.84 Å². The molecule has 114 valence electrons. The van der Waals surface area contributed by atoms with Crippen LogP contribution in [0.1, 0.15) is 25.8 Å². The molecule has 1 aromatic carbocycles. The van der Waals surface area contributed by atoms with E-state index in [1.165, 1.54) is 0 Å². The summed E-state index contributed by atoms with van der Waals surface area (Å²) in [4.78, 5) is 22.9. The van der Waals surface area contributed by atoms with Gasteiger partial charge in [-0.2, -0.15) is 10.2 Å².